The summed E-state index contributed by atoms with van der Waals surface area (Å²) in [6.07, 6.45) is 10.5. The zero-order chi connectivity index (χ0) is 12.8. The fourth-order valence-electron chi connectivity index (χ4n) is 2.09. The molecule has 0 aliphatic carbocycles. The van der Waals surface area contributed by atoms with Crippen molar-refractivity contribution in [1.82, 2.24) is 14.9 Å². The molecule has 0 spiro atoms. The van der Waals surface area contributed by atoms with E-state index in [1.807, 2.05) is 31.8 Å². The number of rotatable bonds is 7. The van der Waals surface area contributed by atoms with Gasteiger partial charge in [0.05, 0.1) is 12.5 Å². The molecule has 0 bridgehead atoms. The summed E-state index contributed by atoms with van der Waals surface area (Å²) in [5.41, 5.74) is 1.22. The van der Waals surface area contributed by atoms with E-state index in [2.05, 4.69) is 21.8 Å². The molecule has 2 heterocycles. The monoisotopic (exact) mass is 247 g/mol. The van der Waals surface area contributed by atoms with Crippen molar-refractivity contribution in [2.75, 3.05) is 6.54 Å². The first-order valence-corrected chi connectivity index (χ1v) is 6.53. The van der Waals surface area contributed by atoms with Crippen molar-refractivity contribution in [3.8, 4) is 0 Å². The number of aromatic nitrogens is 2. The van der Waals surface area contributed by atoms with E-state index >= 15 is 0 Å². The van der Waals surface area contributed by atoms with E-state index in [0.29, 0.717) is 6.04 Å². The summed E-state index contributed by atoms with van der Waals surface area (Å²) in [5, 5.41) is 3.56. The lowest BCUT2D eigenvalue weighted by Gasteiger charge is -2.16. The highest BCUT2D eigenvalue weighted by Crippen LogP contribution is 2.19. The lowest BCUT2D eigenvalue weighted by atomic mass is 10.0. The van der Waals surface area contributed by atoms with Crippen molar-refractivity contribution in [2.24, 2.45) is 7.05 Å². The van der Waals surface area contributed by atoms with Gasteiger partial charge in [-0.05, 0) is 25.5 Å². The molecular formula is C14H21N3O. The highest BCUT2D eigenvalue weighted by Gasteiger charge is 2.13. The van der Waals surface area contributed by atoms with Crippen LogP contribution in [-0.2, 0) is 13.5 Å². The number of hydrogen-bond donors (Lipinski definition) is 1. The molecule has 0 amide bonds. The van der Waals surface area contributed by atoms with Crippen LogP contribution in [0, 0.1) is 0 Å². The highest BCUT2D eigenvalue weighted by atomic mass is 16.3. The third-order valence-corrected chi connectivity index (χ3v) is 3.16. The molecule has 0 saturated heterocycles. The predicted octanol–water partition coefficient (Wildman–Crippen LogP) is 2.69. The van der Waals surface area contributed by atoms with Gasteiger partial charge in [-0.3, -0.25) is 0 Å². The van der Waals surface area contributed by atoms with Crippen LogP contribution in [0.15, 0.2) is 35.4 Å². The molecule has 4 heteroatoms. The Morgan fingerprint density at radius 1 is 1.50 bits per heavy atom. The highest BCUT2D eigenvalue weighted by molar-refractivity contribution is 5.12. The maximum atomic E-state index is 5.18. The molecule has 98 valence electrons. The Morgan fingerprint density at radius 2 is 2.39 bits per heavy atom. The Hall–Kier alpha value is -1.55. The van der Waals surface area contributed by atoms with E-state index < -0.39 is 0 Å². The van der Waals surface area contributed by atoms with Crippen molar-refractivity contribution < 1.29 is 4.42 Å². The van der Waals surface area contributed by atoms with Gasteiger partial charge in [0.15, 0.2) is 0 Å². The standard InChI is InChI=1S/C14H21N3O/c1-3-7-15-13(12-6-10-18-11-12)4-5-14-16-8-9-17(14)2/h6,8-11,13,15H,3-5,7H2,1-2H3. The van der Waals surface area contributed by atoms with Gasteiger partial charge in [0.25, 0.3) is 0 Å². The van der Waals surface area contributed by atoms with Crippen LogP contribution >= 0.6 is 0 Å². The van der Waals surface area contributed by atoms with Gasteiger partial charge >= 0.3 is 0 Å². The molecule has 0 saturated carbocycles. The summed E-state index contributed by atoms with van der Waals surface area (Å²) >= 11 is 0. The van der Waals surface area contributed by atoms with Crippen molar-refractivity contribution in [1.29, 1.82) is 0 Å². The lowest BCUT2D eigenvalue weighted by molar-refractivity contribution is 0.482. The minimum Gasteiger partial charge on any atom is -0.472 e. The van der Waals surface area contributed by atoms with E-state index in [9.17, 15) is 0 Å². The van der Waals surface area contributed by atoms with E-state index in [4.69, 9.17) is 4.42 Å². The third kappa shape index (κ3) is 3.23. The molecule has 18 heavy (non-hydrogen) atoms. The summed E-state index contributed by atoms with van der Waals surface area (Å²) in [4.78, 5) is 4.36. The number of hydrogen-bond acceptors (Lipinski definition) is 3. The van der Waals surface area contributed by atoms with E-state index in [0.717, 1.165) is 31.6 Å². The van der Waals surface area contributed by atoms with E-state index in [1.165, 1.54) is 5.56 Å². The summed E-state index contributed by atoms with van der Waals surface area (Å²) in [5.74, 6) is 1.13. The molecule has 1 unspecified atom stereocenters. The second-order valence-corrected chi connectivity index (χ2v) is 4.56. The second kappa shape index (κ2) is 6.40. The molecule has 4 nitrogen and oxygen atoms in total. The van der Waals surface area contributed by atoms with Crippen LogP contribution < -0.4 is 5.32 Å². The molecule has 0 aromatic carbocycles. The predicted molar refractivity (Wildman–Crippen MR) is 71.3 cm³/mol. The van der Waals surface area contributed by atoms with Gasteiger partial charge in [-0.15, -0.1) is 0 Å². The average Bonchev–Trinajstić information content (AvgIpc) is 3.01. The minimum atomic E-state index is 0.348. The number of nitrogens with one attached hydrogen (secondary N) is 1. The lowest BCUT2D eigenvalue weighted by Crippen LogP contribution is -2.22. The summed E-state index contributed by atoms with van der Waals surface area (Å²) < 4.78 is 7.25. The van der Waals surface area contributed by atoms with Crippen LogP contribution in [0.25, 0.3) is 0 Å². The van der Waals surface area contributed by atoms with Crippen molar-refractivity contribution in [3.05, 3.63) is 42.4 Å². The van der Waals surface area contributed by atoms with E-state index in [-0.39, 0.29) is 0 Å². The van der Waals surface area contributed by atoms with Gasteiger partial charge in [-0.25, -0.2) is 4.98 Å². The van der Waals surface area contributed by atoms with Gasteiger partial charge in [0, 0.05) is 37.5 Å². The molecular weight excluding hydrogens is 226 g/mol. The second-order valence-electron chi connectivity index (χ2n) is 4.56. The molecule has 1 N–H and O–H groups in total. The Kier molecular flexibility index (Phi) is 4.59. The smallest absolute Gasteiger partial charge is 0.108 e. The quantitative estimate of drug-likeness (QED) is 0.818. The largest absolute Gasteiger partial charge is 0.472 e. The molecule has 0 aliphatic rings. The first-order valence-electron chi connectivity index (χ1n) is 6.53. The molecule has 2 aromatic rings. The number of furan rings is 1. The Balaban J connectivity index is 1.95. The first-order chi connectivity index (χ1) is 8.81. The van der Waals surface area contributed by atoms with Crippen LogP contribution in [0.1, 0.15) is 37.2 Å². The summed E-state index contributed by atoms with van der Waals surface area (Å²) in [7, 11) is 2.04. The maximum absolute atomic E-state index is 5.18. The van der Waals surface area contributed by atoms with Gasteiger partial charge in [-0.2, -0.15) is 0 Å². The molecule has 0 aliphatic heterocycles. The number of aryl methyl sites for hydroxylation is 2. The molecule has 2 rings (SSSR count). The zero-order valence-electron chi connectivity index (χ0n) is 11.1. The van der Waals surface area contributed by atoms with Crippen LogP contribution in [0.5, 0.6) is 0 Å². The Labute approximate surface area is 108 Å². The first kappa shape index (κ1) is 12.9. The van der Waals surface area contributed by atoms with Gasteiger partial charge in [0.2, 0.25) is 0 Å². The average molecular weight is 247 g/mol. The van der Waals surface area contributed by atoms with Crippen LogP contribution in [0.2, 0.25) is 0 Å². The van der Waals surface area contributed by atoms with Gasteiger partial charge in [-0.1, -0.05) is 6.92 Å². The normalized spacial score (nSPS) is 12.8. The summed E-state index contributed by atoms with van der Waals surface area (Å²) in [6, 6.07) is 2.38. The molecule has 1 atom stereocenters. The van der Waals surface area contributed by atoms with E-state index in [1.54, 1.807) is 6.26 Å². The molecule has 0 radical (unpaired) electrons. The molecule has 0 fully saturated rings. The zero-order valence-corrected chi connectivity index (χ0v) is 11.1. The minimum absolute atomic E-state index is 0.348. The third-order valence-electron chi connectivity index (χ3n) is 3.16. The number of imidazole rings is 1. The summed E-state index contributed by atoms with van der Waals surface area (Å²) in [6.45, 7) is 3.20. The van der Waals surface area contributed by atoms with Crippen LogP contribution in [0.4, 0.5) is 0 Å². The fourth-order valence-corrected chi connectivity index (χ4v) is 2.09. The topological polar surface area (TPSA) is 43.0 Å². The van der Waals surface area contributed by atoms with Gasteiger partial charge < -0.3 is 14.3 Å². The number of nitrogens with zero attached hydrogens (tertiary/aromatic N) is 2. The SMILES string of the molecule is CCCNC(CCc1nccn1C)c1ccoc1. The van der Waals surface area contributed by atoms with Crippen LogP contribution in [0.3, 0.4) is 0 Å². The van der Waals surface area contributed by atoms with Crippen molar-refractivity contribution >= 4 is 0 Å². The van der Waals surface area contributed by atoms with Crippen molar-refractivity contribution in [3.63, 3.8) is 0 Å². The fraction of sp³-hybridized carbons (Fsp3) is 0.500. The maximum Gasteiger partial charge on any atom is 0.108 e. The van der Waals surface area contributed by atoms with Crippen molar-refractivity contribution in [2.45, 2.75) is 32.2 Å². The van der Waals surface area contributed by atoms with Gasteiger partial charge in [0.1, 0.15) is 5.82 Å². The molecule has 2 aromatic heterocycles. The Morgan fingerprint density at radius 3 is 3.00 bits per heavy atom. The van der Waals surface area contributed by atoms with Crippen LogP contribution in [-0.4, -0.2) is 16.1 Å². The Bertz CT molecular complexity index is 447.